The van der Waals surface area contributed by atoms with Crippen LogP contribution in [-0.2, 0) is 5.75 Å². The number of benzene rings is 1. The number of nitrogens with two attached hydrogens (primary N) is 1. The van der Waals surface area contributed by atoms with Gasteiger partial charge in [0.15, 0.2) is 0 Å². The SMILES string of the molecule is Cc1cc2oc(=O)cc(CSc3n[nH]c(N)n3)c2cc1C. The zero-order valence-electron chi connectivity index (χ0n) is 11.6. The summed E-state index contributed by atoms with van der Waals surface area (Å²) in [5.41, 5.74) is 8.90. The summed E-state index contributed by atoms with van der Waals surface area (Å²) < 4.78 is 5.27. The number of H-pyrrole nitrogens is 1. The average molecular weight is 302 g/mol. The highest BCUT2D eigenvalue weighted by Gasteiger charge is 2.09. The number of rotatable bonds is 3. The van der Waals surface area contributed by atoms with E-state index in [0.29, 0.717) is 16.5 Å². The molecule has 3 aromatic rings. The fourth-order valence-electron chi connectivity index (χ4n) is 2.07. The molecule has 0 bridgehead atoms. The molecule has 108 valence electrons. The highest BCUT2D eigenvalue weighted by atomic mass is 32.2. The number of nitrogens with one attached hydrogen (secondary N) is 1. The van der Waals surface area contributed by atoms with Crippen LogP contribution in [0.1, 0.15) is 16.7 Å². The summed E-state index contributed by atoms with van der Waals surface area (Å²) >= 11 is 1.41. The lowest BCUT2D eigenvalue weighted by Crippen LogP contribution is -2.00. The van der Waals surface area contributed by atoms with Crippen LogP contribution in [0.5, 0.6) is 0 Å². The standard InChI is InChI=1S/C14H14N4O2S/c1-7-3-10-9(6-21-14-16-13(15)17-18-14)5-12(19)20-11(10)4-8(7)2/h3-5H,6H2,1-2H3,(H3,15,16,17,18). The molecule has 2 heterocycles. The van der Waals surface area contributed by atoms with Gasteiger partial charge in [-0.3, -0.25) is 0 Å². The van der Waals surface area contributed by atoms with E-state index in [4.69, 9.17) is 10.2 Å². The predicted octanol–water partition coefficient (Wildman–Crippen LogP) is 2.40. The molecule has 2 aromatic heterocycles. The smallest absolute Gasteiger partial charge is 0.336 e. The number of aryl methyl sites for hydroxylation is 2. The Labute approximate surface area is 124 Å². The van der Waals surface area contributed by atoms with Crippen molar-refractivity contribution in [3.8, 4) is 0 Å². The number of fused-ring (bicyclic) bond motifs is 1. The molecule has 0 spiro atoms. The van der Waals surface area contributed by atoms with Gasteiger partial charge in [-0.25, -0.2) is 9.89 Å². The van der Waals surface area contributed by atoms with E-state index in [-0.39, 0.29) is 11.6 Å². The molecule has 6 nitrogen and oxygen atoms in total. The van der Waals surface area contributed by atoms with Crippen molar-refractivity contribution in [2.24, 2.45) is 0 Å². The summed E-state index contributed by atoms with van der Waals surface area (Å²) in [5.74, 6) is 0.850. The maximum atomic E-state index is 11.7. The third-order valence-corrected chi connectivity index (χ3v) is 4.18. The Morgan fingerprint density at radius 3 is 2.76 bits per heavy atom. The molecule has 0 aliphatic carbocycles. The van der Waals surface area contributed by atoms with Crippen molar-refractivity contribution in [2.45, 2.75) is 24.8 Å². The summed E-state index contributed by atoms with van der Waals surface area (Å²) in [4.78, 5) is 15.7. The van der Waals surface area contributed by atoms with Crippen molar-refractivity contribution in [3.05, 3.63) is 45.3 Å². The maximum absolute atomic E-state index is 11.7. The van der Waals surface area contributed by atoms with Gasteiger partial charge in [0.2, 0.25) is 11.1 Å². The van der Waals surface area contributed by atoms with Gasteiger partial charge in [0, 0.05) is 17.2 Å². The fourth-order valence-corrected chi connectivity index (χ4v) is 2.86. The van der Waals surface area contributed by atoms with Crippen molar-refractivity contribution in [1.29, 1.82) is 0 Å². The number of nitrogen functional groups attached to an aromatic ring is 1. The number of hydrogen-bond donors (Lipinski definition) is 2. The second-order valence-electron chi connectivity index (χ2n) is 4.82. The van der Waals surface area contributed by atoms with E-state index in [1.807, 2.05) is 26.0 Å². The zero-order chi connectivity index (χ0) is 15.0. The Morgan fingerprint density at radius 2 is 2.05 bits per heavy atom. The number of nitrogens with zero attached hydrogens (tertiary/aromatic N) is 2. The third-order valence-electron chi connectivity index (χ3n) is 3.28. The summed E-state index contributed by atoms with van der Waals surface area (Å²) in [5, 5.41) is 8.04. The highest BCUT2D eigenvalue weighted by molar-refractivity contribution is 7.98. The first-order valence-corrected chi connectivity index (χ1v) is 7.36. The maximum Gasteiger partial charge on any atom is 0.336 e. The molecule has 0 aliphatic rings. The molecule has 0 aliphatic heterocycles. The number of anilines is 1. The first-order valence-electron chi connectivity index (χ1n) is 6.37. The molecular formula is C14H14N4O2S. The van der Waals surface area contributed by atoms with Crippen molar-refractivity contribution in [1.82, 2.24) is 15.2 Å². The van der Waals surface area contributed by atoms with E-state index in [1.165, 1.54) is 17.8 Å². The van der Waals surface area contributed by atoms with Gasteiger partial charge in [0.1, 0.15) is 5.58 Å². The minimum atomic E-state index is -0.351. The molecule has 1 aromatic carbocycles. The Hall–Kier alpha value is -2.28. The zero-order valence-corrected chi connectivity index (χ0v) is 12.5. The molecule has 0 atom stereocenters. The molecule has 0 saturated carbocycles. The fraction of sp³-hybridized carbons (Fsp3) is 0.214. The van der Waals surface area contributed by atoms with Gasteiger partial charge in [0.25, 0.3) is 0 Å². The van der Waals surface area contributed by atoms with E-state index in [0.717, 1.165) is 22.1 Å². The quantitative estimate of drug-likeness (QED) is 0.569. The van der Waals surface area contributed by atoms with E-state index in [9.17, 15) is 4.79 Å². The van der Waals surface area contributed by atoms with Crippen LogP contribution < -0.4 is 11.4 Å². The van der Waals surface area contributed by atoms with Gasteiger partial charge in [-0.05, 0) is 42.7 Å². The van der Waals surface area contributed by atoms with E-state index >= 15 is 0 Å². The molecule has 0 radical (unpaired) electrons. The monoisotopic (exact) mass is 302 g/mol. The summed E-state index contributed by atoms with van der Waals surface area (Å²) in [6.07, 6.45) is 0. The van der Waals surface area contributed by atoms with Crippen molar-refractivity contribution in [3.63, 3.8) is 0 Å². The summed E-state index contributed by atoms with van der Waals surface area (Å²) in [6.45, 7) is 4.03. The van der Waals surface area contributed by atoms with Crippen LogP contribution in [-0.4, -0.2) is 15.2 Å². The average Bonchev–Trinajstić information content (AvgIpc) is 2.84. The lowest BCUT2D eigenvalue weighted by molar-refractivity contribution is 0.559. The van der Waals surface area contributed by atoms with Gasteiger partial charge in [-0.2, -0.15) is 4.98 Å². The Kier molecular flexibility index (Phi) is 3.42. The molecule has 0 unspecified atom stereocenters. The van der Waals surface area contributed by atoms with E-state index < -0.39 is 0 Å². The van der Waals surface area contributed by atoms with Crippen LogP contribution in [0.3, 0.4) is 0 Å². The van der Waals surface area contributed by atoms with Gasteiger partial charge in [-0.1, -0.05) is 11.8 Å². The Morgan fingerprint density at radius 1 is 1.29 bits per heavy atom. The van der Waals surface area contributed by atoms with Crippen LogP contribution in [0.25, 0.3) is 11.0 Å². The lowest BCUT2D eigenvalue weighted by atomic mass is 10.0. The van der Waals surface area contributed by atoms with Gasteiger partial charge in [0.05, 0.1) is 0 Å². The molecule has 3 rings (SSSR count). The van der Waals surface area contributed by atoms with Crippen molar-refractivity contribution in [2.75, 3.05) is 5.73 Å². The third kappa shape index (κ3) is 2.78. The molecule has 0 amide bonds. The topological polar surface area (TPSA) is 97.8 Å². The molecule has 0 fully saturated rings. The first kappa shape index (κ1) is 13.7. The normalized spacial score (nSPS) is 11.1. The van der Waals surface area contributed by atoms with Crippen LogP contribution >= 0.6 is 11.8 Å². The highest BCUT2D eigenvalue weighted by Crippen LogP contribution is 2.26. The largest absolute Gasteiger partial charge is 0.423 e. The number of thioether (sulfide) groups is 1. The molecule has 7 heteroatoms. The molecule has 3 N–H and O–H groups in total. The van der Waals surface area contributed by atoms with Gasteiger partial charge < -0.3 is 10.2 Å². The van der Waals surface area contributed by atoms with Crippen molar-refractivity contribution < 1.29 is 4.42 Å². The van der Waals surface area contributed by atoms with Gasteiger partial charge >= 0.3 is 5.63 Å². The van der Waals surface area contributed by atoms with Gasteiger partial charge in [-0.15, -0.1) is 5.10 Å². The van der Waals surface area contributed by atoms with Crippen molar-refractivity contribution >= 4 is 28.7 Å². The van der Waals surface area contributed by atoms with Crippen LogP contribution in [0.15, 0.2) is 32.6 Å². The predicted molar refractivity (Wildman–Crippen MR) is 82.3 cm³/mol. The lowest BCUT2D eigenvalue weighted by Gasteiger charge is -2.07. The first-order chi connectivity index (χ1) is 10.0. The minimum Gasteiger partial charge on any atom is -0.423 e. The van der Waals surface area contributed by atoms with Crippen LogP contribution in [0, 0.1) is 13.8 Å². The van der Waals surface area contributed by atoms with Crippen LogP contribution in [0.4, 0.5) is 5.95 Å². The Bertz CT molecular complexity index is 869. The number of aromatic nitrogens is 3. The summed E-state index contributed by atoms with van der Waals surface area (Å²) in [7, 11) is 0. The number of hydrogen-bond acceptors (Lipinski definition) is 6. The molecule has 0 saturated heterocycles. The van der Waals surface area contributed by atoms with E-state index in [1.54, 1.807) is 0 Å². The minimum absolute atomic E-state index is 0.279. The summed E-state index contributed by atoms with van der Waals surface area (Å²) in [6, 6.07) is 5.45. The second-order valence-corrected chi connectivity index (χ2v) is 5.76. The van der Waals surface area contributed by atoms with E-state index in [2.05, 4.69) is 15.2 Å². The second kappa shape index (κ2) is 5.25. The Balaban J connectivity index is 2.00. The van der Waals surface area contributed by atoms with Crippen LogP contribution in [0.2, 0.25) is 0 Å². The number of aromatic amines is 1. The molecule has 21 heavy (non-hydrogen) atoms. The molecular weight excluding hydrogens is 288 g/mol.